The Morgan fingerprint density at radius 2 is 1.85 bits per heavy atom. The van der Waals surface area contributed by atoms with E-state index in [4.69, 9.17) is 16.3 Å². The van der Waals surface area contributed by atoms with Gasteiger partial charge in [0.2, 0.25) is 0 Å². The lowest BCUT2D eigenvalue weighted by Gasteiger charge is -2.11. The predicted molar refractivity (Wildman–Crippen MR) is 105 cm³/mol. The maximum Gasteiger partial charge on any atom is 0.255 e. The summed E-state index contributed by atoms with van der Waals surface area (Å²) >= 11 is 6.03. The van der Waals surface area contributed by atoms with Crippen LogP contribution in [0.3, 0.4) is 0 Å². The van der Waals surface area contributed by atoms with Crippen LogP contribution < -0.4 is 15.4 Å². The van der Waals surface area contributed by atoms with Crippen LogP contribution in [0.4, 0.5) is 17.2 Å². The second-order valence-electron chi connectivity index (χ2n) is 5.72. The summed E-state index contributed by atoms with van der Waals surface area (Å²) < 4.78 is 5.30. The Kier molecular flexibility index (Phi) is 5.39. The molecular formula is C20H18ClN3O2. The Hall–Kier alpha value is -3.05. The predicted octanol–water partition coefficient (Wildman–Crippen LogP) is 5.05. The van der Waals surface area contributed by atoms with Crippen LogP contribution in [0.25, 0.3) is 0 Å². The summed E-state index contributed by atoms with van der Waals surface area (Å²) in [6, 6.07) is 16.2. The van der Waals surface area contributed by atoms with Crippen molar-refractivity contribution < 1.29 is 9.53 Å². The number of hydrogen-bond donors (Lipinski definition) is 2. The molecular weight excluding hydrogens is 350 g/mol. The molecule has 0 fully saturated rings. The summed E-state index contributed by atoms with van der Waals surface area (Å²) in [7, 11) is 1.59. The summed E-state index contributed by atoms with van der Waals surface area (Å²) in [5.74, 6) is 1.09. The second kappa shape index (κ2) is 7.89. The maximum absolute atomic E-state index is 12.2. The molecule has 0 saturated heterocycles. The molecule has 0 aliphatic carbocycles. The second-order valence-corrected chi connectivity index (χ2v) is 6.16. The molecule has 0 saturated carbocycles. The molecule has 0 spiro atoms. The number of ether oxygens (including phenoxy) is 1. The fourth-order valence-electron chi connectivity index (χ4n) is 2.37. The molecule has 0 atom stereocenters. The van der Waals surface area contributed by atoms with Gasteiger partial charge in [-0.15, -0.1) is 0 Å². The van der Waals surface area contributed by atoms with Crippen molar-refractivity contribution in [2.24, 2.45) is 0 Å². The number of hydrogen-bond acceptors (Lipinski definition) is 4. The van der Waals surface area contributed by atoms with Gasteiger partial charge in [0, 0.05) is 10.6 Å². The molecule has 0 bridgehead atoms. The van der Waals surface area contributed by atoms with Gasteiger partial charge >= 0.3 is 0 Å². The fourth-order valence-corrected chi connectivity index (χ4v) is 2.54. The standard InChI is InChI=1S/C20H18ClN3O2/c1-13-3-5-14(6-4-13)20(25)23-16-8-10-19(22-12-16)24-17-11-15(21)7-9-18(17)26-2/h3-12H,1-2H3,(H,22,24)(H,23,25). The lowest BCUT2D eigenvalue weighted by Crippen LogP contribution is -2.12. The Morgan fingerprint density at radius 3 is 2.50 bits per heavy atom. The number of benzene rings is 2. The summed E-state index contributed by atoms with van der Waals surface area (Å²) in [5, 5.41) is 6.57. The van der Waals surface area contributed by atoms with Gasteiger partial charge in [-0.2, -0.15) is 0 Å². The molecule has 6 heteroatoms. The zero-order valence-electron chi connectivity index (χ0n) is 14.4. The number of halogens is 1. The SMILES string of the molecule is COc1ccc(Cl)cc1Nc1ccc(NC(=O)c2ccc(C)cc2)cn1. The average molecular weight is 368 g/mol. The number of aromatic nitrogens is 1. The molecule has 3 aromatic rings. The number of carbonyl (C=O) groups is 1. The van der Waals surface area contributed by atoms with E-state index in [0.29, 0.717) is 33.5 Å². The number of pyridine rings is 1. The summed E-state index contributed by atoms with van der Waals surface area (Å²) in [6.45, 7) is 1.98. The van der Waals surface area contributed by atoms with E-state index in [1.54, 1.807) is 55.8 Å². The normalized spacial score (nSPS) is 10.3. The Bertz CT molecular complexity index is 909. The molecule has 1 heterocycles. The van der Waals surface area contributed by atoms with Crippen LogP contribution in [-0.4, -0.2) is 18.0 Å². The third-order valence-electron chi connectivity index (χ3n) is 3.76. The van der Waals surface area contributed by atoms with E-state index in [1.807, 2.05) is 19.1 Å². The molecule has 0 aliphatic rings. The van der Waals surface area contributed by atoms with Crippen LogP contribution in [0.2, 0.25) is 5.02 Å². The Balaban J connectivity index is 1.70. The summed E-state index contributed by atoms with van der Waals surface area (Å²) in [4.78, 5) is 16.6. The van der Waals surface area contributed by atoms with Crippen LogP contribution in [0, 0.1) is 6.92 Å². The van der Waals surface area contributed by atoms with Crippen molar-refractivity contribution in [2.75, 3.05) is 17.7 Å². The molecule has 2 aromatic carbocycles. The van der Waals surface area contributed by atoms with E-state index in [9.17, 15) is 4.79 Å². The van der Waals surface area contributed by atoms with E-state index in [1.165, 1.54) is 0 Å². The highest BCUT2D eigenvalue weighted by atomic mass is 35.5. The zero-order chi connectivity index (χ0) is 18.5. The number of nitrogens with zero attached hydrogens (tertiary/aromatic N) is 1. The monoisotopic (exact) mass is 367 g/mol. The molecule has 0 unspecified atom stereocenters. The van der Waals surface area contributed by atoms with Crippen molar-refractivity contribution in [2.45, 2.75) is 6.92 Å². The summed E-state index contributed by atoms with van der Waals surface area (Å²) in [6.07, 6.45) is 1.59. The van der Waals surface area contributed by atoms with Crippen molar-refractivity contribution in [1.82, 2.24) is 4.98 Å². The van der Waals surface area contributed by atoms with Gasteiger partial charge < -0.3 is 15.4 Å². The first-order chi connectivity index (χ1) is 12.5. The number of carbonyl (C=O) groups excluding carboxylic acids is 1. The molecule has 1 amide bonds. The highest BCUT2D eigenvalue weighted by molar-refractivity contribution is 6.31. The number of methoxy groups -OCH3 is 1. The fraction of sp³-hybridized carbons (Fsp3) is 0.100. The third kappa shape index (κ3) is 4.32. The number of anilines is 3. The number of amides is 1. The largest absolute Gasteiger partial charge is 0.495 e. The molecule has 2 N–H and O–H groups in total. The van der Waals surface area contributed by atoms with Gasteiger partial charge in [-0.25, -0.2) is 4.98 Å². The zero-order valence-corrected chi connectivity index (χ0v) is 15.2. The van der Waals surface area contributed by atoms with E-state index in [0.717, 1.165) is 5.56 Å². The van der Waals surface area contributed by atoms with E-state index >= 15 is 0 Å². The van der Waals surface area contributed by atoms with Crippen molar-refractivity contribution in [3.63, 3.8) is 0 Å². The average Bonchev–Trinajstić information content (AvgIpc) is 2.64. The van der Waals surface area contributed by atoms with Gasteiger partial charge in [0.05, 0.1) is 24.7 Å². The van der Waals surface area contributed by atoms with E-state index < -0.39 is 0 Å². The van der Waals surface area contributed by atoms with Crippen LogP contribution >= 0.6 is 11.6 Å². The first kappa shape index (κ1) is 17.8. The van der Waals surface area contributed by atoms with Crippen molar-refractivity contribution in [3.05, 3.63) is 76.9 Å². The van der Waals surface area contributed by atoms with Crippen LogP contribution in [0.1, 0.15) is 15.9 Å². The topological polar surface area (TPSA) is 63.2 Å². The molecule has 1 aromatic heterocycles. The number of rotatable bonds is 5. The van der Waals surface area contributed by atoms with Gasteiger partial charge in [0.1, 0.15) is 11.6 Å². The molecule has 5 nitrogen and oxygen atoms in total. The Morgan fingerprint density at radius 1 is 1.08 bits per heavy atom. The molecule has 132 valence electrons. The quantitative estimate of drug-likeness (QED) is 0.662. The number of nitrogens with one attached hydrogen (secondary N) is 2. The first-order valence-corrected chi connectivity index (χ1v) is 8.37. The lowest BCUT2D eigenvalue weighted by atomic mass is 10.1. The minimum atomic E-state index is -0.177. The lowest BCUT2D eigenvalue weighted by molar-refractivity contribution is 0.102. The first-order valence-electron chi connectivity index (χ1n) is 8.00. The van der Waals surface area contributed by atoms with Crippen LogP contribution in [0.15, 0.2) is 60.8 Å². The van der Waals surface area contributed by atoms with Crippen molar-refractivity contribution in [1.29, 1.82) is 0 Å². The smallest absolute Gasteiger partial charge is 0.255 e. The minimum Gasteiger partial charge on any atom is -0.495 e. The van der Waals surface area contributed by atoms with Crippen molar-refractivity contribution >= 4 is 34.7 Å². The summed E-state index contributed by atoms with van der Waals surface area (Å²) in [5.41, 5.74) is 3.03. The number of aryl methyl sites for hydroxylation is 1. The van der Waals surface area contributed by atoms with Crippen LogP contribution in [-0.2, 0) is 0 Å². The maximum atomic E-state index is 12.2. The van der Waals surface area contributed by atoms with Gasteiger partial charge in [-0.05, 0) is 49.4 Å². The van der Waals surface area contributed by atoms with Crippen LogP contribution in [0.5, 0.6) is 5.75 Å². The minimum absolute atomic E-state index is 0.177. The van der Waals surface area contributed by atoms with Crippen molar-refractivity contribution in [3.8, 4) is 5.75 Å². The van der Waals surface area contributed by atoms with Gasteiger partial charge in [-0.1, -0.05) is 29.3 Å². The van der Waals surface area contributed by atoms with Gasteiger partial charge in [0.15, 0.2) is 0 Å². The van der Waals surface area contributed by atoms with Gasteiger partial charge in [-0.3, -0.25) is 4.79 Å². The Labute approximate surface area is 157 Å². The van der Waals surface area contributed by atoms with E-state index in [2.05, 4.69) is 15.6 Å². The molecule has 26 heavy (non-hydrogen) atoms. The van der Waals surface area contributed by atoms with E-state index in [-0.39, 0.29) is 5.91 Å². The molecule has 3 rings (SSSR count). The van der Waals surface area contributed by atoms with Gasteiger partial charge in [0.25, 0.3) is 5.91 Å². The molecule has 0 radical (unpaired) electrons. The highest BCUT2D eigenvalue weighted by Crippen LogP contribution is 2.30. The highest BCUT2D eigenvalue weighted by Gasteiger charge is 2.08. The third-order valence-corrected chi connectivity index (χ3v) is 3.99. The molecule has 0 aliphatic heterocycles.